The third-order valence-electron chi connectivity index (χ3n) is 2.69. The van der Waals surface area contributed by atoms with Crippen molar-refractivity contribution in [3.63, 3.8) is 0 Å². The third kappa shape index (κ3) is 2.31. The van der Waals surface area contributed by atoms with Crippen LogP contribution >= 0.6 is 22.9 Å². The number of thiazole rings is 1. The molecule has 1 aromatic carbocycles. The summed E-state index contributed by atoms with van der Waals surface area (Å²) in [6.45, 7) is 0. The van der Waals surface area contributed by atoms with Crippen molar-refractivity contribution in [2.45, 2.75) is 0 Å². The zero-order valence-corrected chi connectivity index (χ0v) is 11.6. The lowest BCUT2D eigenvalue weighted by Gasteiger charge is -2.05. The Bertz CT molecular complexity index is 815. The van der Waals surface area contributed by atoms with Crippen molar-refractivity contribution >= 4 is 22.9 Å². The van der Waals surface area contributed by atoms with Crippen LogP contribution in [0.25, 0.3) is 22.6 Å². The molecule has 0 amide bonds. The Hall–Kier alpha value is -2.18. The van der Waals surface area contributed by atoms with E-state index in [0.29, 0.717) is 16.3 Å². The van der Waals surface area contributed by atoms with E-state index >= 15 is 0 Å². The van der Waals surface area contributed by atoms with E-state index in [9.17, 15) is 9.90 Å². The molecule has 3 aromatic rings. The number of H-pyrrole nitrogens is 1. The number of hydrogen-bond acceptors (Lipinski definition) is 5. The molecule has 2 heterocycles. The maximum Gasteiger partial charge on any atom is 0.262 e. The average Bonchev–Trinajstić information content (AvgIpc) is 2.91. The number of aromatic hydroxyl groups is 1. The van der Waals surface area contributed by atoms with E-state index in [-0.39, 0.29) is 17.3 Å². The van der Waals surface area contributed by atoms with Crippen LogP contribution in [-0.4, -0.2) is 20.1 Å². The zero-order valence-electron chi connectivity index (χ0n) is 10.0. The summed E-state index contributed by atoms with van der Waals surface area (Å²) in [4.78, 5) is 22.8. The quantitative estimate of drug-likeness (QED) is 0.763. The average molecular weight is 306 g/mol. The van der Waals surface area contributed by atoms with Gasteiger partial charge in [0.15, 0.2) is 5.82 Å². The Morgan fingerprint density at radius 1 is 1.35 bits per heavy atom. The smallest absolute Gasteiger partial charge is 0.262 e. The van der Waals surface area contributed by atoms with Crippen molar-refractivity contribution in [3.05, 3.63) is 50.5 Å². The van der Waals surface area contributed by atoms with Gasteiger partial charge in [0.1, 0.15) is 11.3 Å². The Balaban J connectivity index is 2.17. The van der Waals surface area contributed by atoms with Crippen molar-refractivity contribution in [2.75, 3.05) is 0 Å². The van der Waals surface area contributed by atoms with Crippen LogP contribution in [0, 0.1) is 0 Å². The molecule has 0 radical (unpaired) electrons. The lowest BCUT2D eigenvalue weighted by Crippen LogP contribution is -2.12. The molecule has 0 aliphatic carbocycles. The van der Waals surface area contributed by atoms with Crippen LogP contribution in [0.15, 0.2) is 40.0 Å². The van der Waals surface area contributed by atoms with Gasteiger partial charge in [0.2, 0.25) is 5.88 Å². The molecule has 0 spiro atoms. The van der Waals surface area contributed by atoms with E-state index in [1.165, 1.54) is 11.3 Å². The highest BCUT2D eigenvalue weighted by molar-refractivity contribution is 7.07. The molecule has 0 saturated heterocycles. The van der Waals surface area contributed by atoms with Crippen molar-refractivity contribution in [1.82, 2.24) is 15.0 Å². The molecule has 20 heavy (non-hydrogen) atoms. The highest BCUT2D eigenvalue weighted by atomic mass is 35.5. The first-order valence-corrected chi connectivity index (χ1v) is 6.95. The van der Waals surface area contributed by atoms with Gasteiger partial charge in [0.05, 0.1) is 5.51 Å². The van der Waals surface area contributed by atoms with Crippen LogP contribution < -0.4 is 5.56 Å². The summed E-state index contributed by atoms with van der Waals surface area (Å²) in [5.74, 6) is -0.112. The van der Waals surface area contributed by atoms with Crippen molar-refractivity contribution in [2.24, 2.45) is 0 Å². The normalized spacial score (nSPS) is 10.7. The van der Waals surface area contributed by atoms with Crippen LogP contribution in [-0.2, 0) is 0 Å². The van der Waals surface area contributed by atoms with Crippen LogP contribution in [0.4, 0.5) is 0 Å². The first kappa shape index (κ1) is 12.8. The molecule has 2 N–H and O–H groups in total. The number of nitrogens with one attached hydrogen (secondary N) is 1. The van der Waals surface area contributed by atoms with Gasteiger partial charge in [0.25, 0.3) is 5.56 Å². The molecule has 0 saturated carbocycles. The van der Waals surface area contributed by atoms with Crippen LogP contribution in [0.1, 0.15) is 0 Å². The fourth-order valence-corrected chi connectivity index (χ4v) is 2.54. The number of hydrogen-bond donors (Lipinski definition) is 2. The van der Waals surface area contributed by atoms with Crippen molar-refractivity contribution < 1.29 is 5.11 Å². The number of halogens is 1. The van der Waals surface area contributed by atoms with E-state index in [1.54, 1.807) is 35.2 Å². The predicted molar refractivity (Wildman–Crippen MR) is 78.1 cm³/mol. The van der Waals surface area contributed by atoms with E-state index < -0.39 is 5.56 Å². The topological polar surface area (TPSA) is 78.9 Å². The van der Waals surface area contributed by atoms with Crippen molar-refractivity contribution in [1.29, 1.82) is 0 Å². The van der Waals surface area contributed by atoms with Gasteiger partial charge in [-0.2, -0.15) is 4.98 Å². The minimum atomic E-state index is -0.442. The third-order valence-corrected chi connectivity index (χ3v) is 3.51. The maximum atomic E-state index is 12.1. The Labute approximate surface area is 122 Å². The fraction of sp³-hybridized carbons (Fsp3) is 0. The number of aromatic nitrogens is 3. The first-order chi connectivity index (χ1) is 9.65. The summed E-state index contributed by atoms with van der Waals surface area (Å²) in [5, 5.41) is 12.2. The summed E-state index contributed by atoms with van der Waals surface area (Å²) in [5.41, 5.74) is 2.29. The Morgan fingerprint density at radius 2 is 2.20 bits per heavy atom. The van der Waals surface area contributed by atoms with Crippen LogP contribution in [0.5, 0.6) is 5.88 Å². The second kappa shape index (κ2) is 5.07. The van der Waals surface area contributed by atoms with Crippen LogP contribution in [0.2, 0.25) is 5.02 Å². The summed E-state index contributed by atoms with van der Waals surface area (Å²) in [6, 6.07) is 6.66. The summed E-state index contributed by atoms with van der Waals surface area (Å²) in [6.07, 6.45) is 0. The Kier molecular flexibility index (Phi) is 3.25. The molecule has 7 heteroatoms. The molecule has 2 aromatic heterocycles. The zero-order chi connectivity index (χ0) is 14.1. The van der Waals surface area contributed by atoms with E-state index in [1.807, 2.05) is 0 Å². The minimum absolute atomic E-state index is 0.0893. The van der Waals surface area contributed by atoms with Gasteiger partial charge in [-0.1, -0.05) is 23.7 Å². The van der Waals surface area contributed by atoms with Gasteiger partial charge < -0.3 is 10.1 Å². The Morgan fingerprint density at radius 3 is 2.85 bits per heavy atom. The van der Waals surface area contributed by atoms with Gasteiger partial charge in [0, 0.05) is 10.4 Å². The van der Waals surface area contributed by atoms with E-state index in [4.69, 9.17) is 11.6 Å². The molecule has 100 valence electrons. The largest absolute Gasteiger partial charge is 0.493 e. The first-order valence-electron chi connectivity index (χ1n) is 5.63. The summed E-state index contributed by atoms with van der Waals surface area (Å²) >= 11 is 7.27. The minimum Gasteiger partial charge on any atom is -0.493 e. The molecule has 0 atom stereocenters. The number of aromatic amines is 1. The van der Waals surface area contributed by atoms with Gasteiger partial charge in [-0.25, -0.2) is 4.98 Å². The standard InChI is InChI=1S/C13H8ClN3O2S/c14-8-3-1-2-7(4-8)10-12(18)16-11(17-13(10)19)9-5-20-6-15-9/h1-6H,(H2,16,17,18,19). The molecule has 0 unspecified atom stereocenters. The maximum absolute atomic E-state index is 12.1. The lowest BCUT2D eigenvalue weighted by molar-refractivity contribution is 0.454. The van der Waals surface area contributed by atoms with Gasteiger partial charge >= 0.3 is 0 Å². The van der Waals surface area contributed by atoms with Gasteiger partial charge in [-0.15, -0.1) is 11.3 Å². The molecule has 0 aliphatic rings. The second-order valence-corrected chi connectivity index (χ2v) is 5.15. The molecule has 3 rings (SSSR count). The number of nitrogens with zero attached hydrogens (tertiary/aromatic N) is 2. The highest BCUT2D eigenvalue weighted by Crippen LogP contribution is 2.27. The predicted octanol–water partition coefficient (Wildman–Crippen LogP) is 2.92. The number of benzene rings is 1. The van der Waals surface area contributed by atoms with Gasteiger partial charge in [-0.3, -0.25) is 4.79 Å². The lowest BCUT2D eigenvalue weighted by atomic mass is 10.1. The fourth-order valence-electron chi connectivity index (χ4n) is 1.82. The molecular formula is C13H8ClN3O2S. The summed E-state index contributed by atoms with van der Waals surface area (Å²) < 4.78 is 0. The molecule has 0 fully saturated rings. The SMILES string of the molecule is O=c1[nH]c(-c2cscn2)nc(O)c1-c1cccc(Cl)c1. The molecule has 5 nitrogen and oxygen atoms in total. The highest BCUT2D eigenvalue weighted by Gasteiger charge is 2.14. The molecular weight excluding hydrogens is 298 g/mol. The van der Waals surface area contributed by atoms with E-state index in [0.717, 1.165) is 0 Å². The van der Waals surface area contributed by atoms with E-state index in [2.05, 4.69) is 15.0 Å². The van der Waals surface area contributed by atoms with Crippen LogP contribution in [0.3, 0.4) is 0 Å². The molecule has 0 aliphatic heterocycles. The monoisotopic (exact) mass is 305 g/mol. The molecule has 0 bridgehead atoms. The van der Waals surface area contributed by atoms with Gasteiger partial charge in [-0.05, 0) is 17.7 Å². The number of rotatable bonds is 2. The van der Waals surface area contributed by atoms with Crippen molar-refractivity contribution in [3.8, 4) is 28.5 Å². The second-order valence-electron chi connectivity index (χ2n) is 4.00. The summed E-state index contributed by atoms with van der Waals surface area (Å²) in [7, 11) is 0.